The van der Waals surface area contributed by atoms with Crippen LogP contribution < -0.4 is 0 Å². The average Bonchev–Trinajstić information content (AvgIpc) is 2.19. The molecule has 0 amide bonds. The predicted octanol–water partition coefficient (Wildman–Crippen LogP) is 3.34. The molecule has 1 atom stereocenters. The van der Waals surface area contributed by atoms with E-state index in [0.29, 0.717) is 18.8 Å². The van der Waals surface area contributed by atoms with Crippen molar-refractivity contribution in [3.8, 4) is 0 Å². The molecule has 1 aliphatic carbocycles. The highest BCUT2D eigenvalue weighted by molar-refractivity contribution is 7.87. The lowest BCUT2D eigenvalue weighted by atomic mass is 9.90. The van der Waals surface area contributed by atoms with Gasteiger partial charge in [0.15, 0.2) is 0 Å². The molecule has 0 N–H and O–H groups in total. The number of alkyl halides is 3. The fourth-order valence-corrected chi connectivity index (χ4v) is 2.33. The smallest absolute Gasteiger partial charge is 0.381 e. The van der Waals surface area contributed by atoms with Gasteiger partial charge < -0.3 is 4.18 Å². The van der Waals surface area contributed by atoms with E-state index in [4.69, 9.17) is 0 Å². The third-order valence-corrected chi connectivity index (χ3v) is 3.68. The Morgan fingerprint density at radius 1 is 1.47 bits per heavy atom. The first-order chi connectivity index (χ1) is 7.76. The second-order valence-electron chi connectivity index (χ2n) is 4.08. The van der Waals surface area contributed by atoms with Crippen LogP contribution in [-0.4, -0.2) is 13.9 Å². The molecule has 0 fully saturated rings. The van der Waals surface area contributed by atoms with Crippen molar-refractivity contribution in [2.75, 3.05) is 0 Å². The van der Waals surface area contributed by atoms with E-state index in [9.17, 15) is 21.6 Å². The highest BCUT2D eigenvalue weighted by Crippen LogP contribution is 2.32. The Balaban J connectivity index is 2.61. The van der Waals surface area contributed by atoms with Crippen LogP contribution in [-0.2, 0) is 14.3 Å². The fraction of sp³-hybridized carbons (Fsp3) is 0.800. The van der Waals surface area contributed by atoms with Crippen molar-refractivity contribution in [3.63, 3.8) is 0 Å². The van der Waals surface area contributed by atoms with E-state index in [0.717, 1.165) is 12.8 Å². The minimum Gasteiger partial charge on any atom is -0.381 e. The third kappa shape index (κ3) is 3.90. The maximum atomic E-state index is 12.0. The standard InChI is InChI=1S/C10H15F3O3S/c1-2-3-8-4-6-9(7-5-8)16-17(14,15)10(11,12)13/h6,8H,2-5,7H2,1H3. The quantitative estimate of drug-likeness (QED) is 0.582. The van der Waals surface area contributed by atoms with Crippen LogP contribution >= 0.6 is 0 Å². The summed E-state index contributed by atoms with van der Waals surface area (Å²) >= 11 is 0. The van der Waals surface area contributed by atoms with Crippen LogP contribution in [0.25, 0.3) is 0 Å². The molecule has 0 saturated heterocycles. The van der Waals surface area contributed by atoms with Crippen molar-refractivity contribution >= 4 is 10.1 Å². The van der Waals surface area contributed by atoms with Crippen LogP contribution in [0, 0.1) is 5.92 Å². The molecule has 1 rings (SSSR count). The Morgan fingerprint density at radius 3 is 2.53 bits per heavy atom. The first kappa shape index (κ1) is 14.3. The third-order valence-electron chi connectivity index (χ3n) is 2.67. The number of hydrogen-bond acceptors (Lipinski definition) is 3. The summed E-state index contributed by atoms with van der Waals surface area (Å²) < 4.78 is 61.7. The summed E-state index contributed by atoms with van der Waals surface area (Å²) in [6.45, 7) is 2.03. The molecule has 0 heterocycles. The molecular weight excluding hydrogens is 257 g/mol. The van der Waals surface area contributed by atoms with E-state index in [2.05, 4.69) is 4.18 Å². The van der Waals surface area contributed by atoms with Gasteiger partial charge in [-0.05, 0) is 24.8 Å². The molecule has 100 valence electrons. The zero-order valence-electron chi connectivity index (χ0n) is 9.46. The predicted molar refractivity (Wildman–Crippen MR) is 56.4 cm³/mol. The summed E-state index contributed by atoms with van der Waals surface area (Å²) in [5.41, 5.74) is -5.35. The highest BCUT2D eigenvalue weighted by Gasteiger charge is 2.48. The van der Waals surface area contributed by atoms with Crippen molar-refractivity contribution in [2.45, 2.75) is 44.5 Å². The zero-order valence-corrected chi connectivity index (χ0v) is 10.3. The normalized spacial score (nSPS) is 22.1. The first-order valence-corrected chi connectivity index (χ1v) is 6.87. The molecule has 0 aromatic heterocycles. The summed E-state index contributed by atoms with van der Waals surface area (Å²) in [5, 5.41) is 0. The van der Waals surface area contributed by atoms with Gasteiger partial charge in [0.2, 0.25) is 0 Å². The highest BCUT2D eigenvalue weighted by atomic mass is 32.2. The average molecular weight is 272 g/mol. The van der Waals surface area contributed by atoms with E-state index in [1.165, 1.54) is 6.08 Å². The van der Waals surface area contributed by atoms with Gasteiger partial charge in [-0.3, -0.25) is 0 Å². The molecule has 1 aliphatic rings. The maximum absolute atomic E-state index is 12.0. The molecule has 0 bridgehead atoms. The van der Waals surface area contributed by atoms with Crippen LogP contribution in [0.5, 0.6) is 0 Å². The number of rotatable bonds is 4. The molecule has 0 spiro atoms. The van der Waals surface area contributed by atoms with Crippen LogP contribution in [0.4, 0.5) is 13.2 Å². The van der Waals surface area contributed by atoms with Crippen molar-refractivity contribution < 1.29 is 25.8 Å². The minimum absolute atomic E-state index is 0.0883. The minimum atomic E-state index is -5.50. The lowest BCUT2D eigenvalue weighted by molar-refractivity contribution is -0.0524. The largest absolute Gasteiger partial charge is 0.534 e. The van der Waals surface area contributed by atoms with Crippen molar-refractivity contribution in [2.24, 2.45) is 5.92 Å². The van der Waals surface area contributed by atoms with E-state index in [-0.39, 0.29) is 12.2 Å². The Kier molecular flexibility index (Phi) is 4.46. The van der Waals surface area contributed by atoms with Gasteiger partial charge in [-0.15, -0.1) is 0 Å². The van der Waals surface area contributed by atoms with Gasteiger partial charge in [-0.2, -0.15) is 21.6 Å². The van der Waals surface area contributed by atoms with E-state index in [1.807, 2.05) is 6.92 Å². The summed E-state index contributed by atoms with van der Waals surface area (Å²) in [7, 11) is -5.50. The summed E-state index contributed by atoms with van der Waals surface area (Å²) in [5.74, 6) is 0.329. The zero-order chi connectivity index (χ0) is 13.1. The van der Waals surface area contributed by atoms with Gasteiger partial charge in [0.25, 0.3) is 0 Å². The summed E-state index contributed by atoms with van der Waals surface area (Å²) in [4.78, 5) is 0. The van der Waals surface area contributed by atoms with E-state index >= 15 is 0 Å². The second kappa shape index (κ2) is 5.29. The molecular formula is C10H15F3O3S. The van der Waals surface area contributed by atoms with Gasteiger partial charge in [0, 0.05) is 6.42 Å². The number of halogens is 3. The van der Waals surface area contributed by atoms with Crippen LogP contribution in [0.15, 0.2) is 11.8 Å². The first-order valence-electron chi connectivity index (χ1n) is 5.46. The van der Waals surface area contributed by atoms with Crippen molar-refractivity contribution in [3.05, 3.63) is 11.8 Å². The number of hydrogen-bond donors (Lipinski definition) is 0. The van der Waals surface area contributed by atoms with E-state index in [1.54, 1.807) is 0 Å². The van der Waals surface area contributed by atoms with Gasteiger partial charge in [-0.1, -0.05) is 19.8 Å². The Hall–Kier alpha value is -0.720. The lowest BCUT2D eigenvalue weighted by Crippen LogP contribution is -2.26. The maximum Gasteiger partial charge on any atom is 0.534 e. The van der Waals surface area contributed by atoms with Crippen molar-refractivity contribution in [1.29, 1.82) is 0 Å². The molecule has 0 aliphatic heterocycles. The van der Waals surface area contributed by atoms with Gasteiger partial charge in [0.05, 0.1) is 0 Å². The Labute approximate surface area is 98.8 Å². The molecule has 0 aromatic rings. The Bertz CT molecular complexity index is 384. The van der Waals surface area contributed by atoms with Crippen LogP contribution in [0.1, 0.15) is 39.0 Å². The summed E-state index contributed by atoms with van der Waals surface area (Å²) in [6, 6.07) is 0. The monoisotopic (exact) mass is 272 g/mol. The SMILES string of the molecule is CCCC1CC=C(OS(=O)(=O)C(F)(F)F)CC1. The van der Waals surface area contributed by atoms with Gasteiger partial charge in [-0.25, -0.2) is 0 Å². The van der Waals surface area contributed by atoms with Gasteiger partial charge in [0.1, 0.15) is 5.76 Å². The molecule has 0 saturated carbocycles. The molecule has 0 aromatic carbocycles. The van der Waals surface area contributed by atoms with Crippen molar-refractivity contribution in [1.82, 2.24) is 0 Å². The molecule has 0 radical (unpaired) electrons. The number of allylic oxidation sites excluding steroid dienone is 2. The molecule has 3 nitrogen and oxygen atoms in total. The molecule has 7 heteroatoms. The fourth-order valence-electron chi connectivity index (χ4n) is 1.80. The van der Waals surface area contributed by atoms with E-state index < -0.39 is 15.6 Å². The summed E-state index contributed by atoms with van der Waals surface area (Å²) in [6.07, 6.45) is 4.96. The van der Waals surface area contributed by atoms with Gasteiger partial charge >= 0.3 is 15.6 Å². The molecule has 17 heavy (non-hydrogen) atoms. The van der Waals surface area contributed by atoms with Crippen LogP contribution in [0.2, 0.25) is 0 Å². The Morgan fingerprint density at radius 2 is 2.12 bits per heavy atom. The topological polar surface area (TPSA) is 43.4 Å². The molecule has 1 unspecified atom stereocenters. The second-order valence-corrected chi connectivity index (χ2v) is 5.62. The lowest BCUT2D eigenvalue weighted by Gasteiger charge is -2.21. The van der Waals surface area contributed by atoms with Crippen LogP contribution in [0.3, 0.4) is 0 Å².